The molecule has 0 aromatic carbocycles. The largest absolute Gasteiger partial charge is 0.356 e. The summed E-state index contributed by atoms with van der Waals surface area (Å²) in [5.74, 6) is 0.638. The van der Waals surface area contributed by atoms with Gasteiger partial charge in [-0.1, -0.05) is 6.92 Å². The molecule has 2 heterocycles. The Bertz CT molecular complexity index is 495. The molecule has 2 aliphatic rings. The van der Waals surface area contributed by atoms with Crippen LogP contribution < -0.4 is 10.2 Å². The molecule has 7 heteroatoms. The number of carbonyl (C=O) groups excluding carboxylic acids is 1. The number of carbonyl (C=O) groups is 1. The van der Waals surface area contributed by atoms with E-state index in [0.29, 0.717) is 19.6 Å². The van der Waals surface area contributed by atoms with Crippen molar-refractivity contribution in [2.45, 2.75) is 39.0 Å². The maximum Gasteiger partial charge on any atom is 0.224 e. The molecule has 0 saturated carbocycles. The maximum atomic E-state index is 12.2. The molecule has 3 atom stereocenters. The predicted octanol–water partition coefficient (Wildman–Crippen LogP) is -0.521. The first-order valence-corrected chi connectivity index (χ1v) is 10.8. The van der Waals surface area contributed by atoms with Gasteiger partial charge in [0.2, 0.25) is 15.9 Å². The van der Waals surface area contributed by atoms with E-state index in [1.54, 1.807) is 4.90 Å². The molecule has 6 nitrogen and oxygen atoms in total. The molecule has 23 heavy (non-hydrogen) atoms. The zero-order valence-corrected chi connectivity index (χ0v) is 15.3. The van der Waals surface area contributed by atoms with Crippen molar-refractivity contribution in [3.8, 4) is 0 Å². The molecule has 0 radical (unpaired) electrons. The predicted molar refractivity (Wildman–Crippen MR) is 90.7 cm³/mol. The van der Waals surface area contributed by atoms with Gasteiger partial charge in [-0.25, -0.2) is 12.7 Å². The molecule has 2 N–H and O–H groups in total. The quantitative estimate of drug-likeness (QED) is 0.636. The van der Waals surface area contributed by atoms with Gasteiger partial charge in [-0.15, -0.1) is 0 Å². The molecule has 0 bridgehead atoms. The van der Waals surface area contributed by atoms with Crippen LogP contribution in [0.5, 0.6) is 0 Å². The van der Waals surface area contributed by atoms with Gasteiger partial charge in [-0.2, -0.15) is 0 Å². The van der Waals surface area contributed by atoms with Gasteiger partial charge in [0, 0.05) is 32.0 Å². The summed E-state index contributed by atoms with van der Waals surface area (Å²) in [4.78, 5) is 13.9. The van der Waals surface area contributed by atoms with Crippen molar-refractivity contribution in [1.29, 1.82) is 0 Å². The summed E-state index contributed by atoms with van der Waals surface area (Å²) in [5.41, 5.74) is 0. The van der Waals surface area contributed by atoms with E-state index in [4.69, 9.17) is 0 Å². The molecule has 0 aliphatic carbocycles. The van der Waals surface area contributed by atoms with Crippen molar-refractivity contribution in [3.05, 3.63) is 0 Å². The first kappa shape index (κ1) is 18.7. The Morgan fingerprint density at radius 3 is 2.78 bits per heavy atom. The van der Waals surface area contributed by atoms with Crippen LogP contribution in [0.25, 0.3) is 0 Å². The van der Waals surface area contributed by atoms with Crippen molar-refractivity contribution in [2.75, 3.05) is 45.5 Å². The van der Waals surface area contributed by atoms with Crippen LogP contribution in [0.15, 0.2) is 0 Å². The number of likely N-dealkylation sites (tertiary alicyclic amines) is 1. The van der Waals surface area contributed by atoms with Crippen LogP contribution in [-0.2, 0) is 14.8 Å². The SMILES string of the molecule is C[C@H]1CCC[NH+](CCCNC(=O)[C@@H]2CCCN(S(C)(=O)=O)C2)C1. The average molecular weight is 347 g/mol. The highest BCUT2D eigenvalue weighted by atomic mass is 32.2. The number of sulfonamides is 1. The van der Waals surface area contributed by atoms with Gasteiger partial charge in [0.15, 0.2) is 0 Å². The number of piperidine rings is 2. The number of rotatable bonds is 6. The third-order valence-corrected chi connectivity index (χ3v) is 6.36. The van der Waals surface area contributed by atoms with Crippen LogP contribution in [0.2, 0.25) is 0 Å². The maximum absolute atomic E-state index is 12.2. The van der Waals surface area contributed by atoms with Crippen molar-refractivity contribution in [1.82, 2.24) is 9.62 Å². The van der Waals surface area contributed by atoms with Crippen LogP contribution in [-0.4, -0.2) is 64.2 Å². The van der Waals surface area contributed by atoms with Crippen molar-refractivity contribution >= 4 is 15.9 Å². The standard InChI is InChI=1S/C16H31N3O3S/c1-14-6-3-9-18(12-14)10-5-8-17-16(20)15-7-4-11-19(13-15)23(2,21)22/h14-15H,3-13H2,1-2H3,(H,17,20)/p+1/t14-,15+/m0/s1. The third kappa shape index (κ3) is 6.04. The van der Waals surface area contributed by atoms with Crippen molar-refractivity contribution < 1.29 is 18.1 Å². The zero-order chi connectivity index (χ0) is 16.9. The van der Waals surface area contributed by atoms with E-state index < -0.39 is 10.0 Å². The Morgan fingerprint density at radius 2 is 2.09 bits per heavy atom. The summed E-state index contributed by atoms with van der Waals surface area (Å²) in [6.07, 6.45) is 6.42. The molecular weight excluding hydrogens is 314 g/mol. The summed E-state index contributed by atoms with van der Waals surface area (Å²) in [5, 5.41) is 3.00. The minimum atomic E-state index is -3.19. The molecule has 0 aromatic rings. The average Bonchev–Trinajstić information content (AvgIpc) is 2.51. The number of nitrogens with one attached hydrogen (secondary N) is 2. The Hall–Kier alpha value is -0.660. The van der Waals surface area contributed by atoms with E-state index in [0.717, 1.165) is 31.7 Å². The van der Waals surface area contributed by atoms with Gasteiger partial charge in [-0.3, -0.25) is 4.79 Å². The molecule has 2 rings (SSSR count). The third-order valence-electron chi connectivity index (χ3n) is 5.09. The Balaban J connectivity index is 1.66. The molecule has 2 fully saturated rings. The lowest BCUT2D eigenvalue weighted by atomic mass is 9.99. The fourth-order valence-corrected chi connectivity index (χ4v) is 4.69. The van der Waals surface area contributed by atoms with Gasteiger partial charge in [0.1, 0.15) is 0 Å². The van der Waals surface area contributed by atoms with E-state index in [1.807, 2.05) is 0 Å². The van der Waals surface area contributed by atoms with Gasteiger partial charge >= 0.3 is 0 Å². The first-order valence-electron chi connectivity index (χ1n) is 8.92. The van der Waals surface area contributed by atoms with Crippen LogP contribution in [0.1, 0.15) is 39.0 Å². The normalized spacial score (nSPS) is 30.1. The lowest BCUT2D eigenvalue weighted by molar-refractivity contribution is -0.908. The monoisotopic (exact) mass is 346 g/mol. The first-order chi connectivity index (χ1) is 10.9. The van der Waals surface area contributed by atoms with E-state index in [2.05, 4.69) is 12.2 Å². The summed E-state index contributed by atoms with van der Waals surface area (Å²) >= 11 is 0. The molecule has 2 saturated heterocycles. The lowest BCUT2D eigenvalue weighted by Crippen LogP contribution is -3.13. The van der Waals surface area contributed by atoms with Gasteiger partial charge in [-0.05, 0) is 25.7 Å². The Kier molecular flexibility index (Phi) is 6.85. The van der Waals surface area contributed by atoms with Crippen LogP contribution in [0.4, 0.5) is 0 Å². The molecule has 2 aliphatic heterocycles. The van der Waals surface area contributed by atoms with Gasteiger partial charge in [0.05, 0.1) is 31.8 Å². The second-order valence-corrected chi connectivity index (χ2v) is 9.29. The van der Waals surface area contributed by atoms with E-state index >= 15 is 0 Å². The number of nitrogens with zero attached hydrogens (tertiary/aromatic N) is 1. The molecule has 0 spiro atoms. The van der Waals surface area contributed by atoms with Crippen LogP contribution >= 0.6 is 0 Å². The highest BCUT2D eigenvalue weighted by Gasteiger charge is 2.30. The van der Waals surface area contributed by atoms with Gasteiger partial charge in [0.25, 0.3) is 0 Å². The molecular formula is C16H32N3O3S+. The number of hydrogen-bond donors (Lipinski definition) is 2. The fourth-order valence-electron chi connectivity index (χ4n) is 3.78. The fraction of sp³-hybridized carbons (Fsp3) is 0.938. The van der Waals surface area contributed by atoms with Crippen LogP contribution in [0.3, 0.4) is 0 Å². The molecule has 0 aromatic heterocycles. The molecule has 134 valence electrons. The Morgan fingerprint density at radius 1 is 1.30 bits per heavy atom. The summed E-state index contributed by atoms with van der Waals surface area (Å²) in [6, 6.07) is 0. The second-order valence-electron chi connectivity index (χ2n) is 7.31. The number of quaternary nitrogens is 1. The highest BCUT2D eigenvalue weighted by molar-refractivity contribution is 7.88. The number of amides is 1. The molecule has 1 amide bonds. The van der Waals surface area contributed by atoms with Crippen molar-refractivity contribution in [2.24, 2.45) is 11.8 Å². The minimum Gasteiger partial charge on any atom is -0.356 e. The van der Waals surface area contributed by atoms with Crippen molar-refractivity contribution in [3.63, 3.8) is 0 Å². The smallest absolute Gasteiger partial charge is 0.224 e. The Labute approximate surface area is 140 Å². The number of hydrogen-bond acceptors (Lipinski definition) is 3. The van der Waals surface area contributed by atoms with Gasteiger partial charge < -0.3 is 10.2 Å². The summed E-state index contributed by atoms with van der Waals surface area (Å²) in [7, 11) is -3.19. The summed E-state index contributed by atoms with van der Waals surface area (Å²) < 4.78 is 24.6. The van der Waals surface area contributed by atoms with Crippen LogP contribution in [0, 0.1) is 11.8 Å². The summed E-state index contributed by atoms with van der Waals surface area (Å²) in [6.45, 7) is 7.51. The van der Waals surface area contributed by atoms with E-state index in [9.17, 15) is 13.2 Å². The highest BCUT2D eigenvalue weighted by Crippen LogP contribution is 2.18. The molecule has 1 unspecified atom stereocenters. The topological polar surface area (TPSA) is 70.9 Å². The van der Waals surface area contributed by atoms with E-state index in [-0.39, 0.29) is 11.8 Å². The minimum absolute atomic E-state index is 0.0142. The lowest BCUT2D eigenvalue weighted by Gasteiger charge is -2.30. The zero-order valence-electron chi connectivity index (χ0n) is 14.5. The second kappa shape index (κ2) is 8.44. The van der Waals surface area contributed by atoms with E-state index in [1.165, 1.54) is 36.5 Å².